The lowest BCUT2D eigenvalue weighted by Gasteiger charge is -2.18. The van der Waals surface area contributed by atoms with Crippen LogP contribution >= 0.6 is 0 Å². The van der Waals surface area contributed by atoms with Gasteiger partial charge in [-0.1, -0.05) is 19.9 Å². The van der Waals surface area contributed by atoms with Gasteiger partial charge in [0, 0.05) is 12.0 Å². The fourth-order valence-corrected chi connectivity index (χ4v) is 1.35. The van der Waals surface area contributed by atoms with Gasteiger partial charge in [-0.15, -0.1) is 0 Å². The van der Waals surface area contributed by atoms with Crippen LogP contribution in [0, 0.1) is 5.41 Å². The van der Waals surface area contributed by atoms with Crippen LogP contribution in [-0.2, 0) is 9.59 Å². The van der Waals surface area contributed by atoms with E-state index in [1.807, 2.05) is 13.8 Å². The first-order valence-corrected chi connectivity index (χ1v) is 4.23. The highest BCUT2D eigenvalue weighted by Gasteiger charge is 2.18. The molecule has 0 rings (SSSR count). The Morgan fingerprint density at radius 1 is 1.31 bits per heavy atom. The molecule has 1 amide bonds. The molecule has 13 heavy (non-hydrogen) atoms. The summed E-state index contributed by atoms with van der Waals surface area (Å²) < 4.78 is 0. The van der Waals surface area contributed by atoms with Gasteiger partial charge in [0.15, 0.2) is 0 Å². The number of nitrogens with two attached hydrogens (primary N) is 1. The summed E-state index contributed by atoms with van der Waals surface area (Å²) in [5, 5.41) is 0. The lowest BCUT2D eigenvalue weighted by atomic mass is 9.85. The van der Waals surface area contributed by atoms with E-state index in [9.17, 15) is 9.59 Å². The first-order chi connectivity index (χ1) is 5.74. The first-order valence-electron chi connectivity index (χ1n) is 4.23. The van der Waals surface area contributed by atoms with E-state index in [1.54, 1.807) is 13.0 Å². The highest BCUT2D eigenvalue weighted by molar-refractivity contribution is 5.91. The maximum atomic E-state index is 10.9. The average molecular weight is 183 g/mol. The van der Waals surface area contributed by atoms with Gasteiger partial charge in [0.2, 0.25) is 5.91 Å². The Labute approximate surface area is 79.0 Å². The monoisotopic (exact) mass is 183 g/mol. The molecular weight excluding hydrogens is 166 g/mol. The molecule has 0 bridgehead atoms. The van der Waals surface area contributed by atoms with Crippen molar-refractivity contribution in [2.75, 3.05) is 0 Å². The molecule has 0 aliphatic rings. The van der Waals surface area contributed by atoms with Crippen LogP contribution in [0.4, 0.5) is 0 Å². The Morgan fingerprint density at radius 3 is 2.08 bits per heavy atom. The zero-order chi connectivity index (χ0) is 10.6. The summed E-state index contributed by atoms with van der Waals surface area (Å²) in [6.45, 7) is 7.00. The van der Waals surface area contributed by atoms with Crippen molar-refractivity contribution in [3.63, 3.8) is 0 Å². The number of ketones is 1. The molecule has 0 radical (unpaired) electrons. The molecule has 0 atom stereocenters. The van der Waals surface area contributed by atoms with Gasteiger partial charge >= 0.3 is 0 Å². The maximum absolute atomic E-state index is 10.9. The van der Waals surface area contributed by atoms with Crippen LogP contribution in [0.25, 0.3) is 0 Å². The summed E-state index contributed by atoms with van der Waals surface area (Å²) in [7, 11) is 0. The normalized spacial score (nSPS) is 12.8. The highest BCUT2D eigenvalue weighted by Crippen LogP contribution is 2.23. The standard InChI is InChI=1S/C10H17NO2/c1-7(9(11)13)5-10(3,4)6-8(2)12/h5H,6H2,1-4H3,(H2,11,13). The molecule has 0 saturated carbocycles. The Kier molecular flexibility index (Phi) is 3.85. The smallest absolute Gasteiger partial charge is 0.244 e. The third kappa shape index (κ3) is 5.17. The summed E-state index contributed by atoms with van der Waals surface area (Å²) in [5.74, 6) is -0.324. The summed E-state index contributed by atoms with van der Waals surface area (Å²) in [6, 6.07) is 0. The topological polar surface area (TPSA) is 60.2 Å². The van der Waals surface area contributed by atoms with Gasteiger partial charge < -0.3 is 5.73 Å². The molecule has 0 aromatic rings. The zero-order valence-electron chi connectivity index (χ0n) is 8.68. The minimum Gasteiger partial charge on any atom is -0.366 e. The number of hydrogen-bond donors (Lipinski definition) is 1. The molecule has 0 spiro atoms. The Hall–Kier alpha value is -1.12. The van der Waals surface area contributed by atoms with Crippen molar-refractivity contribution in [1.29, 1.82) is 0 Å². The van der Waals surface area contributed by atoms with Gasteiger partial charge in [-0.25, -0.2) is 0 Å². The van der Waals surface area contributed by atoms with E-state index in [0.717, 1.165) is 0 Å². The van der Waals surface area contributed by atoms with E-state index in [4.69, 9.17) is 5.73 Å². The van der Waals surface area contributed by atoms with Crippen molar-refractivity contribution in [3.8, 4) is 0 Å². The van der Waals surface area contributed by atoms with Crippen molar-refractivity contribution in [2.24, 2.45) is 11.1 Å². The molecule has 3 nitrogen and oxygen atoms in total. The van der Waals surface area contributed by atoms with E-state index >= 15 is 0 Å². The molecular formula is C10H17NO2. The van der Waals surface area contributed by atoms with E-state index in [-0.39, 0.29) is 11.2 Å². The Morgan fingerprint density at radius 2 is 1.77 bits per heavy atom. The highest BCUT2D eigenvalue weighted by atomic mass is 16.1. The molecule has 0 saturated heterocycles. The number of carbonyl (C=O) groups is 2. The van der Waals surface area contributed by atoms with Crippen LogP contribution in [0.5, 0.6) is 0 Å². The molecule has 2 N–H and O–H groups in total. The Bertz CT molecular complexity index is 252. The summed E-state index contributed by atoms with van der Waals surface area (Å²) in [4.78, 5) is 21.6. The van der Waals surface area contributed by atoms with Gasteiger partial charge in [-0.2, -0.15) is 0 Å². The molecule has 0 heterocycles. The molecule has 0 aliphatic carbocycles. The predicted octanol–water partition coefficient (Wildman–Crippen LogP) is 1.42. The summed E-state index contributed by atoms with van der Waals surface area (Å²) in [6.07, 6.45) is 2.17. The number of allylic oxidation sites excluding steroid dienone is 1. The predicted molar refractivity (Wildman–Crippen MR) is 52.0 cm³/mol. The fourth-order valence-electron chi connectivity index (χ4n) is 1.35. The number of carbonyl (C=O) groups excluding carboxylic acids is 2. The third-order valence-electron chi connectivity index (χ3n) is 1.70. The number of amides is 1. The van der Waals surface area contributed by atoms with Gasteiger partial charge in [-0.3, -0.25) is 9.59 Å². The van der Waals surface area contributed by atoms with Gasteiger partial charge in [0.05, 0.1) is 0 Å². The van der Waals surface area contributed by atoms with Crippen molar-refractivity contribution in [1.82, 2.24) is 0 Å². The molecule has 0 unspecified atom stereocenters. The Balaban J connectivity index is 4.56. The number of rotatable bonds is 4. The van der Waals surface area contributed by atoms with Crippen molar-refractivity contribution >= 4 is 11.7 Å². The molecule has 74 valence electrons. The molecule has 0 aromatic heterocycles. The average Bonchev–Trinajstić information content (AvgIpc) is 1.81. The largest absolute Gasteiger partial charge is 0.366 e. The first kappa shape index (κ1) is 11.9. The SMILES string of the molecule is CC(=O)CC(C)(C)C=C(C)C(N)=O. The van der Waals surface area contributed by atoms with Crippen LogP contribution in [0.3, 0.4) is 0 Å². The number of primary amides is 1. The van der Waals surface area contributed by atoms with Gasteiger partial charge in [0.1, 0.15) is 5.78 Å². The van der Waals surface area contributed by atoms with Crippen molar-refractivity contribution < 1.29 is 9.59 Å². The van der Waals surface area contributed by atoms with E-state index in [1.165, 1.54) is 6.92 Å². The lowest BCUT2D eigenvalue weighted by Crippen LogP contribution is -2.18. The summed E-state index contributed by atoms with van der Waals surface area (Å²) >= 11 is 0. The van der Waals surface area contributed by atoms with Gasteiger partial charge in [-0.05, 0) is 19.3 Å². The number of hydrogen-bond acceptors (Lipinski definition) is 2. The van der Waals surface area contributed by atoms with E-state index in [0.29, 0.717) is 12.0 Å². The summed E-state index contributed by atoms with van der Waals surface area (Å²) in [5.41, 5.74) is 5.30. The van der Waals surface area contributed by atoms with Gasteiger partial charge in [0.25, 0.3) is 0 Å². The molecule has 0 aromatic carbocycles. The van der Waals surface area contributed by atoms with E-state index < -0.39 is 5.91 Å². The minimum atomic E-state index is -0.434. The van der Waals surface area contributed by atoms with Crippen molar-refractivity contribution in [2.45, 2.75) is 34.1 Å². The second-order valence-electron chi connectivity index (χ2n) is 4.06. The molecule has 0 fully saturated rings. The van der Waals surface area contributed by atoms with Crippen molar-refractivity contribution in [3.05, 3.63) is 11.6 Å². The minimum absolute atomic E-state index is 0.110. The second kappa shape index (κ2) is 4.21. The quantitative estimate of drug-likeness (QED) is 0.670. The molecule has 0 aliphatic heterocycles. The van der Waals surface area contributed by atoms with Crippen LogP contribution in [-0.4, -0.2) is 11.7 Å². The van der Waals surface area contributed by atoms with Crippen LogP contribution < -0.4 is 5.73 Å². The lowest BCUT2D eigenvalue weighted by molar-refractivity contribution is -0.118. The van der Waals surface area contributed by atoms with Crippen LogP contribution in [0.15, 0.2) is 11.6 Å². The molecule has 3 heteroatoms. The van der Waals surface area contributed by atoms with Crippen LogP contribution in [0.1, 0.15) is 34.1 Å². The zero-order valence-corrected chi connectivity index (χ0v) is 8.68. The maximum Gasteiger partial charge on any atom is 0.244 e. The number of Topliss-reactive ketones (excluding diaryl/α,β-unsaturated/α-hetero) is 1. The second-order valence-corrected chi connectivity index (χ2v) is 4.06. The fraction of sp³-hybridized carbons (Fsp3) is 0.600. The third-order valence-corrected chi connectivity index (χ3v) is 1.70. The van der Waals surface area contributed by atoms with Crippen LogP contribution in [0.2, 0.25) is 0 Å². The van der Waals surface area contributed by atoms with E-state index in [2.05, 4.69) is 0 Å².